The van der Waals surface area contributed by atoms with E-state index in [0.29, 0.717) is 6.42 Å². The van der Waals surface area contributed by atoms with Crippen LogP contribution >= 0.6 is 0 Å². The van der Waals surface area contributed by atoms with Crippen LogP contribution in [0.4, 0.5) is 0 Å². The van der Waals surface area contributed by atoms with Gasteiger partial charge in [-0.2, -0.15) is 0 Å². The minimum Gasteiger partial charge on any atom is -0.356 e. The van der Waals surface area contributed by atoms with Crippen LogP contribution in [-0.2, 0) is 4.79 Å². The number of unbranched alkanes of at least 4 members (excludes halogenated alkanes) is 5. The summed E-state index contributed by atoms with van der Waals surface area (Å²) >= 11 is 0. The Morgan fingerprint density at radius 2 is 1.71 bits per heavy atom. The molecule has 2 heteroatoms. The van der Waals surface area contributed by atoms with Gasteiger partial charge in [-0.15, -0.1) is 0 Å². The van der Waals surface area contributed by atoms with Gasteiger partial charge in [0.05, 0.1) is 0 Å². The first-order chi connectivity index (χ1) is 8.16. The van der Waals surface area contributed by atoms with E-state index in [2.05, 4.69) is 26.1 Å². The summed E-state index contributed by atoms with van der Waals surface area (Å²) in [6.07, 6.45) is 10.4. The highest BCUT2D eigenvalue weighted by Crippen LogP contribution is 2.10. The van der Waals surface area contributed by atoms with Crippen molar-refractivity contribution in [2.45, 2.75) is 78.6 Å². The highest BCUT2D eigenvalue weighted by atomic mass is 16.1. The summed E-state index contributed by atoms with van der Waals surface area (Å²) in [6, 6.07) is 0. The number of hydrogen-bond donors (Lipinski definition) is 1. The van der Waals surface area contributed by atoms with E-state index in [0.717, 1.165) is 25.3 Å². The lowest BCUT2D eigenvalue weighted by Gasteiger charge is -2.05. The molecule has 0 aliphatic heterocycles. The molecule has 0 bridgehead atoms. The third kappa shape index (κ3) is 13.4. The molecular formula is C15H31NO. The van der Waals surface area contributed by atoms with E-state index in [1.165, 1.54) is 38.5 Å². The third-order valence-corrected chi connectivity index (χ3v) is 3.04. The van der Waals surface area contributed by atoms with E-state index in [9.17, 15) is 4.79 Å². The Labute approximate surface area is 108 Å². The van der Waals surface area contributed by atoms with Gasteiger partial charge >= 0.3 is 0 Å². The van der Waals surface area contributed by atoms with Gasteiger partial charge in [-0.05, 0) is 18.8 Å². The molecule has 0 fully saturated rings. The van der Waals surface area contributed by atoms with Crippen molar-refractivity contribution in [1.82, 2.24) is 5.32 Å². The van der Waals surface area contributed by atoms with Crippen LogP contribution in [0.2, 0.25) is 0 Å². The minimum atomic E-state index is 0.241. The van der Waals surface area contributed by atoms with Crippen molar-refractivity contribution in [3.63, 3.8) is 0 Å². The van der Waals surface area contributed by atoms with Crippen molar-refractivity contribution >= 4 is 5.91 Å². The molecule has 0 rings (SSSR count). The van der Waals surface area contributed by atoms with Gasteiger partial charge in [0.15, 0.2) is 0 Å². The Bertz CT molecular complexity index is 178. The van der Waals surface area contributed by atoms with Crippen LogP contribution in [0, 0.1) is 5.92 Å². The van der Waals surface area contributed by atoms with E-state index in [4.69, 9.17) is 0 Å². The van der Waals surface area contributed by atoms with Crippen molar-refractivity contribution in [1.29, 1.82) is 0 Å². The maximum atomic E-state index is 11.4. The van der Waals surface area contributed by atoms with Gasteiger partial charge in [-0.3, -0.25) is 4.79 Å². The maximum absolute atomic E-state index is 11.4. The van der Waals surface area contributed by atoms with Gasteiger partial charge in [0.25, 0.3) is 0 Å². The predicted molar refractivity (Wildman–Crippen MR) is 75.1 cm³/mol. The zero-order valence-corrected chi connectivity index (χ0v) is 12.1. The average molecular weight is 241 g/mol. The molecule has 0 aromatic heterocycles. The Kier molecular flexibility index (Phi) is 11.6. The number of amides is 1. The van der Waals surface area contributed by atoms with Crippen LogP contribution in [0.25, 0.3) is 0 Å². The summed E-state index contributed by atoms with van der Waals surface area (Å²) in [5.74, 6) is 1.06. The zero-order valence-electron chi connectivity index (χ0n) is 12.1. The molecule has 1 amide bonds. The fraction of sp³-hybridized carbons (Fsp3) is 0.933. The van der Waals surface area contributed by atoms with E-state index < -0.39 is 0 Å². The molecule has 17 heavy (non-hydrogen) atoms. The predicted octanol–water partition coefficient (Wildman–Crippen LogP) is 4.29. The Morgan fingerprint density at radius 1 is 1.00 bits per heavy atom. The fourth-order valence-electron chi connectivity index (χ4n) is 1.88. The normalized spacial score (nSPS) is 10.8. The number of hydrogen-bond acceptors (Lipinski definition) is 1. The van der Waals surface area contributed by atoms with Crippen molar-refractivity contribution in [3.05, 3.63) is 0 Å². The van der Waals surface area contributed by atoms with Crippen LogP contribution in [0.1, 0.15) is 78.6 Å². The van der Waals surface area contributed by atoms with Crippen LogP contribution in [-0.4, -0.2) is 12.5 Å². The Hall–Kier alpha value is -0.530. The fourth-order valence-corrected chi connectivity index (χ4v) is 1.88. The topological polar surface area (TPSA) is 29.1 Å². The second-order valence-corrected chi connectivity index (χ2v) is 5.40. The SMILES string of the molecule is CCCCCNC(=O)CCCCCCC(C)C. The maximum Gasteiger partial charge on any atom is 0.219 e. The van der Waals surface area contributed by atoms with Crippen LogP contribution in [0.15, 0.2) is 0 Å². The Balaban J connectivity index is 3.16. The molecule has 2 nitrogen and oxygen atoms in total. The lowest BCUT2D eigenvalue weighted by atomic mass is 10.0. The highest BCUT2D eigenvalue weighted by molar-refractivity contribution is 5.75. The monoisotopic (exact) mass is 241 g/mol. The number of carbonyl (C=O) groups is 1. The van der Waals surface area contributed by atoms with Gasteiger partial charge in [0.2, 0.25) is 5.91 Å². The molecule has 0 aromatic carbocycles. The molecule has 0 spiro atoms. The smallest absolute Gasteiger partial charge is 0.219 e. The molecule has 0 heterocycles. The van der Waals surface area contributed by atoms with Crippen molar-refractivity contribution in [2.75, 3.05) is 6.54 Å². The molecule has 0 saturated carbocycles. The molecular weight excluding hydrogens is 210 g/mol. The first-order valence-electron chi connectivity index (χ1n) is 7.43. The van der Waals surface area contributed by atoms with Crippen LogP contribution in [0.5, 0.6) is 0 Å². The van der Waals surface area contributed by atoms with Gasteiger partial charge in [-0.1, -0.05) is 59.3 Å². The first-order valence-corrected chi connectivity index (χ1v) is 7.43. The summed E-state index contributed by atoms with van der Waals surface area (Å²) in [6.45, 7) is 7.58. The highest BCUT2D eigenvalue weighted by Gasteiger charge is 2.00. The minimum absolute atomic E-state index is 0.241. The van der Waals surface area contributed by atoms with Crippen LogP contribution < -0.4 is 5.32 Å². The van der Waals surface area contributed by atoms with Gasteiger partial charge < -0.3 is 5.32 Å². The van der Waals surface area contributed by atoms with E-state index >= 15 is 0 Å². The quantitative estimate of drug-likeness (QED) is 0.537. The third-order valence-electron chi connectivity index (χ3n) is 3.04. The molecule has 0 atom stereocenters. The second-order valence-electron chi connectivity index (χ2n) is 5.40. The lowest BCUT2D eigenvalue weighted by Crippen LogP contribution is -2.23. The van der Waals surface area contributed by atoms with Gasteiger partial charge in [-0.25, -0.2) is 0 Å². The average Bonchev–Trinajstić information content (AvgIpc) is 2.29. The lowest BCUT2D eigenvalue weighted by molar-refractivity contribution is -0.121. The number of nitrogens with one attached hydrogen (secondary N) is 1. The van der Waals surface area contributed by atoms with Gasteiger partial charge in [0.1, 0.15) is 0 Å². The molecule has 1 N–H and O–H groups in total. The summed E-state index contributed by atoms with van der Waals surface area (Å²) in [5.41, 5.74) is 0. The van der Waals surface area contributed by atoms with Crippen molar-refractivity contribution in [2.24, 2.45) is 5.92 Å². The Morgan fingerprint density at radius 3 is 2.35 bits per heavy atom. The largest absolute Gasteiger partial charge is 0.356 e. The molecule has 0 aliphatic rings. The summed E-state index contributed by atoms with van der Waals surface area (Å²) in [5, 5.41) is 2.99. The van der Waals surface area contributed by atoms with Crippen molar-refractivity contribution < 1.29 is 4.79 Å². The number of carbonyl (C=O) groups excluding carboxylic acids is 1. The van der Waals surface area contributed by atoms with E-state index in [-0.39, 0.29) is 5.91 Å². The number of rotatable bonds is 11. The second kappa shape index (κ2) is 11.9. The standard InChI is InChI=1S/C15H31NO/c1-4-5-10-13-16-15(17)12-9-7-6-8-11-14(2)3/h14H,4-13H2,1-3H3,(H,16,17). The van der Waals surface area contributed by atoms with Gasteiger partial charge in [0, 0.05) is 13.0 Å². The summed E-state index contributed by atoms with van der Waals surface area (Å²) < 4.78 is 0. The molecule has 0 saturated heterocycles. The zero-order chi connectivity index (χ0) is 12.9. The molecule has 0 radical (unpaired) electrons. The van der Waals surface area contributed by atoms with Crippen LogP contribution in [0.3, 0.4) is 0 Å². The molecule has 0 aliphatic carbocycles. The molecule has 102 valence electrons. The molecule has 0 unspecified atom stereocenters. The summed E-state index contributed by atoms with van der Waals surface area (Å²) in [7, 11) is 0. The van der Waals surface area contributed by atoms with Crippen molar-refractivity contribution in [3.8, 4) is 0 Å². The van der Waals surface area contributed by atoms with E-state index in [1.54, 1.807) is 0 Å². The summed E-state index contributed by atoms with van der Waals surface area (Å²) in [4.78, 5) is 11.4. The first kappa shape index (κ1) is 16.5. The van der Waals surface area contributed by atoms with E-state index in [1.807, 2.05) is 0 Å². The molecule has 0 aromatic rings.